The molecular formula is C20H24N4. The molecule has 0 bridgehead atoms. The van der Waals surface area contributed by atoms with E-state index >= 15 is 0 Å². The zero-order chi connectivity index (χ0) is 16.9. The third kappa shape index (κ3) is 2.94. The van der Waals surface area contributed by atoms with E-state index in [4.69, 9.17) is 4.98 Å². The van der Waals surface area contributed by atoms with Crippen LogP contribution >= 0.6 is 0 Å². The second-order valence-electron chi connectivity index (χ2n) is 6.19. The van der Waals surface area contributed by atoms with E-state index in [1.165, 1.54) is 12.8 Å². The second kappa shape index (κ2) is 7.35. The van der Waals surface area contributed by atoms with Gasteiger partial charge in [0.25, 0.3) is 0 Å². The number of fused-ring (bicyclic) bond motifs is 3. The minimum absolute atomic E-state index is 0.701. The lowest BCUT2D eigenvalue weighted by Gasteiger charge is -2.13. The molecule has 0 unspecified atom stereocenters. The van der Waals surface area contributed by atoms with Crippen LogP contribution in [0.5, 0.6) is 0 Å². The Morgan fingerprint density at radius 2 is 2.00 bits per heavy atom. The molecule has 0 radical (unpaired) electrons. The molecule has 0 aliphatic heterocycles. The third-order valence-corrected chi connectivity index (χ3v) is 4.37. The highest BCUT2D eigenvalue weighted by Crippen LogP contribution is 2.27. The lowest BCUT2D eigenvalue weighted by atomic mass is 10.1. The number of pyridine rings is 1. The maximum absolute atomic E-state index is 9.68. The van der Waals surface area contributed by atoms with Gasteiger partial charge in [0.15, 0.2) is 5.65 Å². The number of hydrogen-bond acceptors (Lipinski definition) is 3. The number of anilines is 1. The number of nitrogens with one attached hydrogen (secondary N) is 1. The average molecular weight is 320 g/mol. The molecule has 4 nitrogen and oxygen atoms in total. The summed E-state index contributed by atoms with van der Waals surface area (Å²) in [4.78, 5) is 4.73. The highest BCUT2D eigenvalue weighted by molar-refractivity contribution is 5.85. The van der Waals surface area contributed by atoms with Crippen molar-refractivity contribution in [3.8, 4) is 6.07 Å². The van der Waals surface area contributed by atoms with E-state index in [1.54, 1.807) is 0 Å². The van der Waals surface area contributed by atoms with Gasteiger partial charge in [-0.05, 0) is 36.6 Å². The first-order chi connectivity index (χ1) is 11.8. The number of para-hydroxylation sites is 2. The van der Waals surface area contributed by atoms with Gasteiger partial charge in [-0.15, -0.1) is 0 Å². The number of aryl methyl sites for hydroxylation is 1. The summed E-state index contributed by atoms with van der Waals surface area (Å²) in [6.07, 6.45) is 5.48. The van der Waals surface area contributed by atoms with Crippen LogP contribution < -0.4 is 5.32 Å². The van der Waals surface area contributed by atoms with Crippen LogP contribution in [-0.2, 0) is 6.42 Å². The smallest absolute Gasteiger partial charge is 0.157 e. The van der Waals surface area contributed by atoms with E-state index in [0.29, 0.717) is 5.56 Å². The van der Waals surface area contributed by atoms with Crippen LogP contribution in [0.2, 0.25) is 0 Å². The van der Waals surface area contributed by atoms with Gasteiger partial charge in [0.2, 0.25) is 0 Å². The largest absolute Gasteiger partial charge is 0.371 e. The van der Waals surface area contributed by atoms with Crippen LogP contribution in [0.25, 0.3) is 16.7 Å². The van der Waals surface area contributed by atoms with Crippen molar-refractivity contribution in [3.63, 3.8) is 0 Å². The molecule has 0 saturated heterocycles. The maximum atomic E-state index is 9.68. The van der Waals surface area contributed by atoms with E-state index in [1.807, 2.05) is 18.2 Å². The van der Waals surface area contributed by atoms with Gasteiger partial charge in [-0.1, -0.05) is 45.2 Å². The molecule has 2 aromatic heterocycles. The van der Waals surface area contributed by atoms with Gasteiger partial charge in [0.05, 0.1) is 16.6 Å². The fourth-order valence-corrected chi connectivity index (χ4v) is 3.19. The fourth-order valence-electron chi connectivity index (χ4n) is 3.19. The second-order valence-corrected chi connectivity index (χ2v) is 6.19. The molecule has 0 fully saturated rings. The Kier molecular flexibility index (Phi) is 5.00. The van der Waals surface area contributed by atoms with Crippen LogP contribution in [0.4, 0.5) is 5.82 Å². The first-order valence-corrected chi connectivity index (χ1v) is 8.87. The van der Waals surface area contributed by atoms with Gasteiger partial charge in [0.1, 0.15) is 11.9 Å². The normalized spacial score (nSPS) is 11.0. The molecule has 1 aromatic carbocycles. The van der Waals surface area contributed by atoms with Gasteiger partial charge >= 0.3 is 0 Å². The lowest BCUT2D eigenvalue weighted by Crippen LogP contribution is -2.08. The highest BCUT2D eigenvalue weighted by atomic mass is 15.1. The summed E-state index contributed by atoms with van der Waals surface area (Å²) < 4.78 is 2.10. The van der Waals surface area contributed by atoms with Gasteiger partial charge in [-0.3, -0.25) is 4.40 Å². The highest BCUT2D eigenvalue weighted by Gasteiger charge is 2.16. The monoisotopic (exact) mass is 320 g/mol. The van der Waals surface area contributed by atoms with E-state index < -0.39 is 0 Å². The molecule has 124 valence electrons. The summed E-state index contributed by atoms with van der Waals surface area (Å²) in [5.41, 5.74) is 4.53. The summed E-state index contributed by atoms with van der Waals surface area (Å²) in [5, 5.41) is 13.2. The van der Waals surface area contributed by atoms with Crippen molar-refractivity contribution in [2.45, 2.75) is 46.0 Å². The number of nitrogens with zero attached hydrogens (tertiary/aromatic N) is 3. The Labute approximate surface area is 143 Å². The molecule has 3 aromatic rings. The molecule has 0 atom stereocenters. The number of unbranched alkanes of at least 4 members (excludes halogenated alkanes) is 2. The average Bonchev–Trinajstić information content (AvgIpc) is 2.98. The van der Waals surface area contributed by atoms with Crippen LogP contribution in [0, 0.1) is 11.3 Å². The summed E-state index contributed by atoms with van der Waals surface area (Å²) in [6.45, 7) is 5.29. The number of imidazole rings is 1. The summed E-state index contributed by atoms with van der Waals surface area (Å²) in [7, 11) is 0. The van der Waals surface area contributed by atoms with E-state index in [-0.39, 0.29) is 0 Å². The van der Waals surface area contributed by atoms with Gasteiger partial charge in [0, 0.05) is 6.54 Å². The number of nitriles is 1. The molecule has 0 amide bonds. The maximum Gasteiger partial charge on any atom is 0.157 e. The Hall–Kier alpha value is -2.54. The zero-order valence-corrected chi connectivity index (χ0v) is 14.5. The Balaban J connectivity index is 2.18. The molecule has 0 spiro atoms. The molecule has 24 heavy (non-hydrogen) atoms. The molecular weight excluding hydrogens is 296 g/mol. The molecule has 4 heteroatoms. The summed E-state index contributed by atoms with van der Waals surface area (Å²) >= 11 is 0. The van der Waals surface area contributed by atoms with E-state index in [9.17, 15) is 5.26 Å². The first kappa shape index (κ1) is 16.3. The Bertz CT molecular complexity index is 886. The number of rotatable bonds is 7. The van der Waals surface area contributed by atoms with Crippen molar-refractivity contribution in [2.75, 3.05) is 11.9 Å². The zero-order valence-electron chi connectivity index (χ0n) is 14.5. The van der Waals surface area contributed by atoms with Crippen molar-refractivity contribution < 1.29 is 0 Å². The Morgan fingerprint density at radius 3 is 2.75 bits per heavy atom. The van der Waals surface area contributed by atoms with Crippen molar-refractivity contribution >= 4 is 22.5 Å². The van der Waals surface area contributed by atoms with Crippen molar-refractivity contribution in [3.05, 3.63) is 41.5 Å². The molecule has 0 aliphatic rings. The fraction of sp³-hybridized carbons (Fsp3) is 0.400. The minimum atomic E-state index is 0.701. The van der Waals surface area contributed by atoms with Gasteiger partial charge in [-0.2, -0.15) is 5.26 Å². The van der Waals surface area contributed by atoms with Crippen molar-refractivity contribution in [1.82, 2.24) is 9.38 Å². The van der Waals surface area contributed by atoms with E-state index in [2.05, 4.69) is 41.8 Å². The van der Waals surface area contributed by atoms with Crippen molar-refractivity contribution in [2.24, 2.45) is 0 Å². The summed E-state index contributed by atoms with van der Waals surface area (Å²) in [6, 6.07) is 12.6. The van der Waals surface area contributed by atoms with Gasteiger partial charge in [-0.25, -0.2) is 4.98 Å². The van der Waals surface area contributed by atoms with Crippen LogP contribution in [0.1, 0.15) is 50.7 Å². The third-order valence-electron chi connectivity index (χ3n) is 4.37. The predicted molar refractivity (Wildman–Crippen MR) is 99.4 cm³/mol. The molecule has 0 aliphatic carbocycles. The minimum Gasteiger partial charge on any atom is -0.371 e. The number of aromatic nitrogens is 2. The van der Waals surface area contributed by atoms with Crippen LogP contribution in [0.3, 0.4) is 0 Å². The van der Waals surface area contributed by atoms with Gasteiger partial charge < -0.3 is 5.32 Å². The van der Waals surface area contributed by atoms with Crippen molar-refractivity contribution in [1.29, 1.82) is 5.26 Å². The molecule has 1 N–H and O–H groups in total. The van der Waals surface area contributed by atoms with E-state index in [0.717, 1.165) is 53.9 Å². The number of benzene rings is 1. The molecule has 2 heterocycles. The Morgan fingerprint density at radius 1 is 1.17 bits per heavy atom. The number of hydrogen-bond donors (Lipinski definition) is 1. The standard InChI is InChI=1S/C20H24N4/c1-3-5-8-12-22-19-13-15(9-4-2)16(14-21)20-23-17-10-6-7-11-18(17)24(19)20/h6-7,10-11,13,22H,3-5,8-9,12H2,1-2H3. The lowest BCUT2D eigenvalue weighted by molar-refractivity contribution is 0.741. The quantitative estimate of drug-likeness (QED) is 0.629. The molecule has 0 saturated carbocycles. The van der Waals surface area contributed by atoms with Crippen LogP contribution in [0.15, 0.2) is 30.3 Å². The van der Waals surface area contributed by atoms with Crippen LogP contribution in [-0.4, -0.2) is 15.9 Å². The molecule has 3 rings (SSSR count). The predicted octanol–water partition coefficient (Wildman–Crippen LogP) is 4.91. The summed E-state index contributed by atoms with van der Waals surface area (Å²) in [5.74, 6) is 1.04. The SMILES string of the molecule is CCCCCNc1cc(CCC)c(C#N)c2nc3ccccc3n12. The topological polar surface area (TPSA) is 53.1 Å². The first-order valence-electron chi connectivity index (χ1n) is 8.87.